The van der Waals surface area contributed by atoms with Gasteiger partial charge in [0.2, 0.25) is 0 Å². The molecule has 1 atom stereocenters. The SMILES string of the molecule is CC(=O)OC(C#CCN([Si](C)(C)C)[Si](C)(C)C)C(C)C. The Bertz CT molecular complexity index is 369. The van der Waals surface area contributed by atoms with E-state index in [0.717, 1.165) is 6.54 Å². The fourth-order valence-electron chi connectivity index (χ4n) is 2.22. The van der Waals surface area contributed by atoms with E-state index in [0.29, 0.717) is 0 Å². The molecule has 0 aliphatic rings. The third kappa shape index (κ3) is 7.27. The molecule has 0 saturated carbocycles. The number of hydrogen-bond donors (Lipinski definition) is 0. The summed E-state index contributed by atoms with van der Waals surface area (Å²) in [5, 5.41) is 0. The van der Waals surface area contributed by atoms with Crippen molar-refractivity contribution >= 4 is 22.4 Å². The topological polar surface area (TPSA) is 29.5 Å². The predicted octanol–water partition coefficient (Wildman–Crippen LogP) is 3.55. The molecule has 20 heavy (non-hydrogen) atoms. The van der Waals surface area contributed by atoms with Crippen molar-refractivity contribution in [2.75, 3.05) is 6.54 Å². The molecule has 3 nitrogen and oxygen atoms in total. The van der Waals surface area contributed by atoms with E-state index in [1.165, 1.54) is 6.92 Å². The molecule has 0 spiro atoms. The third-order valence-electron chi connectivity index (χ3n) is 3.00. The minimum Gasteiger partial charge on any atom is -0.449 e. The van der Waals surface area contributed by atoms with Crippen LogP contribution in [0.2, 0.25) is 39.3 Å². The summed E-state index contributed by atoms with van der Waals surface area (Å²) in [7, 11) is -2.74. The first-order chi connectivity index (χ1) is 8.85. The Kier molecular flexibility index (Phi) is 7.22. The Morgan fingerprint density at radius 1 is 1.10 bits per heavy atom. The van der Waals surface area contributed by atoms with E-state index in [2.05, 4.69) is 55.4 Å². The van der Waals surface area contributed by atoms with Gasteiger partial charge >= 0.3 is 5.97 Å². The minimum absolute atomic E-state index is 0.221. The van der Waals surface area contributed by atoms with Gasteiger partial charge in [-0.2, -0.15) is 0 Å². The fourth-order valence-corrected chi connectivity index (χ4v) is 11.4. The van der Waals surface area contributed by atoms with Crippen LogP contribution in [0.25, 0.3) is 0 Å². The van der Waals surface area contributed by atoms with Crippen LogP contribution in [0.3, 0.4) is 0 Å². The molecule has 5 heteroatoms. The Morgan fingerprint density at radius 3 is 1.85 bits per heavy atom. The average Bonchev–Trinajstić information content (AvgIpc) is 2.17. The van der Waals surface area contributed by atoms with Crippen molar-refractivity contribution < 1.29 is 9.53 Å². The van der Waals surface area contributed by atoms with Crippen LogP contribution in [-0.2, 0) is 9.53 Å². The molecule has 0 radical (unpaired) electrons. The van der Waals surface area contributed by atoms with Crippen LogP contribution in [0.15, 0.2) is 0 Å². The van der Waals surface area contributed by atoms with E-state index in [9.17, 15) is 4.79 Å². The van der Waals surface area contributed by atoms with Crippen molar-refractivity contribution in [1.29, 1.82) is 0 Å². The Morgan fingerprint density at radius 2 is 1.55 bits per heavy atom. The maximum Gasteiger partial charge on any atom is 0.303 e. The van der Waals surface area contributed by atoms with Crippen LogP contribution < -0.4 is 0 Å². The number of carbonyl (C=O) groups is 1. The maximum absolute atomic E-state index is 11.1. The second-order valence-corrected chi connectivity index (χ2v) is 17.7. The quantitative estimate of drug-likeness (QED) is 0.442. The van der Waals surface area contributed by atoms with Crippen LogP contribution in [0.4, 0.5) is 0 Å². The molecule has 0 aromatic heterocycles. The van der Waals surface area contributed by atoms with Gasteiger partial charge in [0.25, 0.3) is 0 Å². The zero-order valence-corrected chi connectivity index (χ0v) is 16.6. The van der Waals surface area contributed by atoms with Crippen molar-refractivity contribution in [2.45, 2.75) is 66.2 Å². The first-order valence-corrected chi connectivity index (χ1v) is 14.2. The summed E-state index contributed by atoms with van der Waals surface area (Å²) < 4.78 is 7.88. The van der Waals surface area contributed by atoms with Gasteiger partial charge in [-0.15, -0.1) is 0 Å². The van der Waals surface area contributed by atoms with E-state index in [-0.39, 0.29) is 18.0 Å². The Labute approximate surface area is 127 Å². The van der Waals surface area contributed by atoms with E-state index in [1.807, 2.05) is 13.8 Å². The number of nitrogens with zero attached hydrogens (tertiary/aromatic N) is 1. The zero-order chi connectivity index (χ0) is 16.1. The lowest BCUT2D eigenvalue weighted by molar-refractivity contribution is -0.145. The first kappa shape index (κ1) is 19.4. The highest BCUT2D eigenvalue weighted by atomic mass is 28.4. The number of esters is 1. The third-order valence-corrected chi connectivity index (χ3v) is 10.6. The molecular formula is C15H31NO2Si2. The van der Waals surface area contributed by atoms with Gasteiger partial charge in [0.15, 0.2) is 6.10 Å². The summed E-state index contributed by atoms with van der Waals surface area (Å²) in [6.07, 6.45) is -0.294. The molecule has 0 N–H and O–H groups in total. The number of ether oxygens (including phenoxy) is 1. The minimum atomic E-state index is -1.37. The van der Waals surface area contributed by atoms with Crippen molar-refractivity contribution in [1.82, 2.24) is 4.23 Å². The molecule has 0 aromatic rings. The summed E-state index contributed by atoms with van der Waals surface area (Å²) in [4.78, 5) is 11.1. The monoisotopic (exact) mass is 313 g/mol. The summed E-state index contributed by atoms with van der Waals surface area (Å²) in [6.45, 7) is 20.4. The van der Waals surface area contributed by atoms with Crippen LogP contribution in [0.1, 0.15) is 20.8 Å². The van der Waals surface area contributed by atoms with Gasteiger partial charge in [0.05, 0.1) is 0 Å². The number of carbonyl (C=O) groups excluding carboxylic acids is 1. The molecule has 0 bridgehead atoms. The van der Waals surface area contributed by atoms with Crippen molar-refractivity contribution in [3.05, 3.63) is 0 Å². The molecule has 0 fully saturated rings. The lowest BCUT2D eigenvalue weighted by Crippen LogP contribution is -2.59. The van der Waals surface area contributed by atoms with Crippen LogP contribution >= 0.6 is 0 Å². The molecular weight excluding hydrogens is 282 g/mol. The zero-order valence-electron chi connectivity index (χ0n) is 14.6. The highest BCUT2D eigenvalue weighted by Gasteiger charge is 2.33. The Hall–Kier alpha value is -0.576. The number of hydrogen-bond acceptors (Lipinski definition) is 3. The summed E-state index contributed by atoms with van der Waals surface area (Å²) in [6, 6.07) is 0. The smallest absolute Gasteiger partial charge is 0.303 e. The lowest BCUT2D eigenvalue weighted by Gasteiger charge is -2.42. The molecule has 0 aliphatic carbocycles. The maximum atomic E-state index is 11.1. The van der Waals surface area contributed by atoms with E-state index in [4.69, 9.17) is 4.74 Å². The van der Waals surface area contributed by atoms with Gasteiger partial charge in [0.1, 0.15) is 16.5 Å². The first-order valence-electron chi connectivity index (χ1n) is 7.29. The van der Waals surface area contributed by atoms with Crippen molar-refractivity contribution in [3.63, 3.8) is 0 Å². The normalized spacial score (nSPS) is 13.9. The molecule has 0 amide bonds. The van der Waals surface area contributed by atoms with Crippen LogP contribution in [-0.4, -0.2) is 39.3 Å². The van der Waals surface area contributed by atoms with E-state index >= 15 is 0 Å². The summed E-state index contributed by atoms with van der Waals surface area (Å²) in [5.74, 6) is 6.35. The van der Waals surface area contributed by atoms with E-state index in [1.54, 1.807) is 0 Å². The Balaban J connectivity index is 4.95. The molecule has 0 saturated heterocycles. The van der Waals surface area contributed by atoms with E-state index < -0.39 is 16.5 Å². The van der Waals surface area contributed by atoms with Crippen molar-refractivity contribution in [3.8, 4) is 11.8 Å². The fraction of sp³-hybridized carbons (Fsp3) is 0.800. The van der Waals surface area contributed by atoms with Gasteiger partial charge in [-0.05, 0) is 0 Å². The summed E-state index contributed by atoms with van der Waals surface area (Å²) in [5.41, 5.74) is 0. The molecule has 0 heterocycles. The van der Waals surface area contributed by atoms with Gasteiger partial charge in [-0.3, -0.25) is 4.79 Å². The molecule has 0 aliphatic heterocycles. The van der Waals surface area contributed by atoms with Crippen LogP contribution in [0, 0.1) is 17.8 Å². The van der Waals surface area contributed by atoms with Gasteiger partial charge in [-0.1, -0.05) is 65.0 Å². The lowest BCUT2D eigenvalue weighted by atomic mass is 10.1. The van der Waals surface area contributed by atoms with Crippen LogP contribution in [0.5, 0.6) is 0 Å². The highest BCUT2D eigenvalue weighted by Crippen LogP contribution is 2.18. The molecule has 0 aromatic carbocycles. The van der Waals surface area contributed by atoms with Crippen molar-refractivity contribution in [2.24, 2.45) is 5.92 Å². The van der Waals surface area contributed by atoms with Gasteiger partial charge < -0.3 is 8.97 Å². The number of rotatable bonds is 5. The highest BCUT2D eigenvalue weighted by molar-refractivity contribution is 6.89. The summed E-state index contributed by atoms with van der Waals surface area (Å²) >= 11 is 0. The average molecular weight is 314 g/mol. The second kappa shape index (κ2) is 7.44. The van der Waals surface area contributed by atoms with Gasteiger partial charge in [0, 0.05) is 19.4 Å². The predicted molar refractivity (Wildman–Crippen MR) is 91.6 cm³/mol. The molecule has 0 rings (SSSR count). The molecule has 116 valence electrons. The van der Waals surface area contributed by atoms with Gasteiger partial charge in [-0.25, -0.2) is 0 Å². The standard InChI is InChI=1S/C15H31NO2Si2/c1-13(2)15(18-14(3)17)11-10-12-16(19(4,5)6)20(7,8)9/h13,15H,12H2,1-9H3. The second-order valence-electron chi connectivity index (χ2n) is 7.52. The largest absolute Gasteiger partial charge is 0.449 e. The molecule has 1 unspecified atom stereocenters.